The second-order valence-corrected chi connectivity index (χ2v) is 10.0. The number of likely N-dealkylation sites (tertiary alicyclic amines) is 2. The molecule has 0 saturated carbocycles. The highest BCUT2D eigenvalue weighted by molar-refractivity contribution is 5.98. The van der Waals surface area contributed by atoms with Gasteiger partial charge in [0.1, 0.15) is 5.84 Å². The first kappa shape index (κ1) is 26.2. The van der Waals surface area contributed by atoms with E-state index in [0.717, 1.165) is 82.2 Å². The van der Waals surface area contributed by atoms with Crippen molar-refractivity contribution < 1.29 is 14.3 Å². The lowest BCUT2D eigenvalue weighted by atomic mass is 10.1. The van der Waals surface area contributed by atoms with Gasteiger partial charge in [-0.3, -0.25) is 19.9 Å². The van der Waals surface area contributed by atoms with E-state index in [0.29, 0.717) is 13.0 Å². The molecule has 0 aliphatic carbocycles. The summed E-state index contributed by atoms with van der Waals surface area (Å²) in [6.45, 7) is 7.78. The largest absolute Gasteiger partial charge is 0.466 e. The highest BCUT2D eigenvalue weighted by Crippen LogP contribution is 2.29. The zero-order valence-corrected chi connectivity index (χ0v) is 21.8. The minimum absolute atomic E-state index is 0.0557. The number of nitrogen functional groups attached to an aromatic ring is 1. The second kappa shape index (κ2) is 11.9. The van der Waals surface area contributed by atoms with Crippen LogP contribution in [0, 0.1) is 5.41 Å². The van der Waals surface area contributed by atoms with Crippen LogP contribution in [0.5, 0.6) is 0 Å². The predicted molar refractivity (Wildman–Crippen MR) is 142 cm³/mol. The molecule has 2 fully saturated rings. The Balaban J connectivity index is 1.38. The molecule has 0 radical (unpaired) electrons. The standard InChI is InChI=1S/C28H41N5O3/c1-3-32-23(18-20-11-12-21(27(29)30)19-25(20)32)14-13-22-8-5-17-33(22)28(35)24-9-6-15-31(24)16-7-10-26(34)36-4-2/h11-12,18-19,22,24H,3-10,13-17H2,1-2H3,(H3,29,30)/t22-,24+/m0/s1. The first-order valence-corrected chi connectivity index (χ1v) is 13.6. The maximum atomic E-state index is 13.6. The number of amides is 1. The fraction of sp³-hybridized carbons (Fsp3) is 0.607. The molecule has 2 aliphatic heterocycles. The van der Waals surface area contributed by atoms with E-state index in [-0.39, 0.29) is 29.8 Å². The summed E-state index contributed by atoms with van der Waals surface area (Å²) in [6.07, 6.45) is 7.08. The average Bonchev–Trinajstić information content (AvgIpc) is 3.60. The average molecular weight is 496 g/mol. The van der Waals surface area contributed by atoms with Crippen LogP contribution in [0.3, 0.4) is 0 Å². The third kappa shape index (κ3) is 5.75. The Hall–Kier alpha value is -2.87. The summed E-state index contributed by atoms with van der Waals surface area (Å²) < 4.78 is 7.35. The molecular formula is C28H41N5O3. The summed E-state index contributed by atoms with van der Waals surface area (Å²) in [7, 11) is 0. The molecule has 0 unspecified atom stereocenters. The van der Waals surface area contributed by atoms with Gasteiger partial charge >= 0.3 is 5.97 Å². The van der Waals surface area contributed by atoms with Gasteiger partial charge in [0.25, 0.3) is 0 Å². The zero-order valence-electron chi connectivity index (χ0n) is 21.8. The number of fused-ring (bicyclic) bond motifs is 1. The first-order chi connectivity index (χ1) is 17.4. The smallest absolute Gasteiger partial charge is 0.305 e. The van der Waals surface area contributed by atoms with Gasteiger partial charge in [-0.1, -0.05) is 12.1 Å². The lowest BCUT2D eigenvalue weighted by Gasteiger charge is -2.31. The van der Waals surface area contributed by atoms with Crippen LogP contribution >= 0.6 is 0 Å². The van der Waals surface area contributed by atoms with Crippen LogP contribution in [0.15, 0.2) is 24.3 Å². The van der Waals surface area contributed by atoms with E-state index in [1.807, 2.05) is 25.1 Å². The van der Waals surface area contributed by atoms with Crippen LogP contribution < -0.4 is 5.73 Å². The monoisotopic (exact) mass is 495 g/mol. The van der Waals surface area contributed by atoms with Crippen molar-refractivity contribution in [3.8, 4) is 0 Å². The number of nitrogens with two attached hydrogens (primary N) is 1. The fourth-order valence-corrected chi connectivity index (χ4v) is 6.02. The summed E-state index contributed by atoms with van der Waals surface area (Å²) >= 11 is 0. The highest BCUT2D eigenvalue weighted by Gasteiger charge is 2.37. The lowest BCUT2D eigenvalue weighted by molar-refractivity contribution is -0.143. The molecule has 3 N–H and O–H groups in total. The molecule has 4 rings (SSSR count). The molecule has 2 aromatic rings. The second-order valence-electron chi connectivity index (χ2n) is 10.0. The number of nitrogens with zero attached hydrogens (tertiary/aromatic N) is 3. The molecule has 196 valence electrons. The number of aryl methyl sites for hydroxylation is 2. The van der Waals surface area contributed by atoms with E-state index in [1.165, 1.54) is 11.1 Å². The van der Waals surface area contributed by atoms with E-state index in [9.17, 15) is 9.59 Å². The molecule has 1 amide bonds. The van der Waals surface area contributed by atoms with Gasteiger partial charge in [-0.15, -0.1) is 0 Å². The molecule has 2 aliphatic rings. The van der Waals surface area contributed by atoms with Gasteiger partial charge < -0.3 is 19.9 Å². The van der Waals surface area contributed by atoms with Crippen LogP contribution in [0.25, 0.3) is 10.9 Å². The van der Waals surface area contributed by atoms with Gasteiger partial charge in [-0.25, -0.2) is 0 Å². The summed E-state index contributed by atoms with van der Waals surface area (Å²) in [5.41, 5.74) is 8.85. The van der Waals surface area contributed by atoms with Crippen molar-refractivity contribution in [2.75, 3.05) is 26.2 Å². The van der Waals surface area contributed by atoms with Gasteiger partial charge in [0.15, 0.2) is 0 Å². The summed E-state index contributed by atoms with van der Waals surface area (Å²) in [4.78, 5) is 29.7. The maximum absolute atomic E-state index is 13.6. The Bertz CT molecular complexity index is 1090. The SMILES string of the molecule is CCOC(=O)CCCN1CCC[C@@H]1C(=O)N1CCC[C@H]1CCc1cc2ccc(C(=N)N)cc2n1CC. The van der Waals surface area contributed by atoms with Gasteiger partial charge in [0.2, 0.25) is 5.91 Å². The number of benzene rings is 1. The number of nitrogens with one attached hydrogen (secondary N) is 1. The number of hydrogen-bond acceptors (Lipinski definition) is 5. The lowest BCUT2D eigenvalue weighted by Crippen LogP contribution is -2.47. The minimum atomic E-state index is -0.152. The topological polar surface area (TPSA) is 105 Å². The summed E-state index contributed by atoms with van der Waals surface area (Å²) in [5, 5.41) is 8.93. The van der Waals surface area contributed by atoms with Gasteiger partial charge in [-0.05, 0) is 89.4 Å². The molecule has 8 heteroatoms. The zero-order chi connectivity index (χ0) is 25.7. The Morgan fingerprint density at radius 2 is 1.94 bits per heavy atom. The number of carbonyl (C=O) groups excluding carboxylic acids is 2. The van der Waals surface area contributed by atoms with E-state index in [4.69, 9.17) is 15.9 Å². The first-order valence-electron chi connectivity index (χ1n) is 13.6. The third-order valence-corrected chi connectivity index (χ3v) is 7.79. The van der Waals surface area contributed by atoms with Crippen molar-refractivity contribution >= 4 is 28.6 Å². The molecule has 1 aromatic heterocycles. The molecule has 36 heavy (non-hydrogen) atoms. The maximum Gasteiger partial charge on any atom is 0.305 e. The number of hydrogen-bond donors (Lipinski definition) is 2. The van der Waals surface area contributed by atoms with Crippen LogP contribution in [0.4, 0.5) is 0 Å². The number of esters is 1. The number of carbonyl (C=O) groups is 2. The van der Waals surface area contributed by atoms with Crippen LogP contribution in [-0.2, 0) is 27.3 Å². The Morgan fingerprint density at radius 1 is 1.14 bits per heavy atom. The van der Waals surface area contributed by atoms with E-state index in [2.05, 4.69) is 27.4 Å². The van der Waals surface area contributed by atoms with E-state index >= 15 is 0 Å². The van der Waals surface area contributed by atoms with Crippen molar-refractivity contribution in [2.24, 2.45) is 5.73 Å². The summed E-state index contributed by atoms with van der Waals surface area (Å²) in [5.74, 6) is 0.207. The number of rotatable bonds is 11. The van der Waals surface area contributed by atoms with Crippen LogP contribution in [-0.4, -0.2) is 70.4 Å². The predicted octanol–water partition coefficient (Wildman–Crippen LogP) is 3.68. The van der Waals surface area contributed by atoms with Crippen molar-refractivity contribution in [2.45, 2.75) is 83.8 Å². The van der Waals surface area contributed by atoms with Crippen LogP contribution in [0.2, 0.25) is 0 Å². The quantitative estimate of drug-likeness (QED) is 0.281. The van der Waals surface area contributed by atoms with Gasteiger partial charge in [0.05, 0.1) is 12.6 Å². The Kier molecular flexibility index (Phi) is 8.67. The highest BCUT2D eigenvalue weighted by atomic mass is 16.5. The third-order valence-electron chi connectivity index (χ3n) is 7.79. The van der Waals surface area contributed by atoms with Crippen molar-refractivity contribution in [3.05, 3.63) is 35.5 Å². The Morgan fingerprint density at radius 3 is 2.69 bits per heavy atom. The number of amidine groups is 1. The molecule has 2 atom stereocenters. The van der Waals surface area contributed by atoms with Crippen molar-refractivity contribution in [3.63, 3.8) is 0 Å². The molecule has 0 spiro atoms. The normalized spacial score (nSPS) is 20.3. The molecule has 0 bridgehead atoms. The summed E-state index contributed by atoms with van der Waals surface area (Å²) in [6, 6.07) is 8.42. The number of aromatic nitrogens is 1. The molecule has 1 aromatic carbocycles. The molecule has 2 saturated heterocycles. The van der Waals surface area contributed by atoms with Crippen molar-refractivity contribution in [1.29, 1.82) is 5.41 Å². The van der Waals surface area contributed by atoms with Crippen molar-refractivity contribution in [1.82, 2.24) is 14.4 Å². The van der Waals surface area contributed by atoms with Gasteiger partial charge in [-0.2, -0.15) is 0 Å². The molecule has 3 heterocycles. The Labute approximate surface area is 214 Å². The molecular weight excluding hydrogens is 454 g/mol. The minimum Gasteiger partial charge on any atom is -0.466 e. The molecule has 8 nitrogen and oxygen atoms in total. The fourth-order valence-electron chi connectivity index (χ4n) is 6.02. The van der Waals surface area contributed by atoms with E-state index in [1.54, 1.807) is 0 Å². The number of ether oxygens (including phenoxy) is 1. The van der Waals surface area contributed by atoms with Gasteiger partial charge in [0, 0.05) is 42.3 Å². The van der Waals surface area contributed by atoms with E-state index < -0.39 is 0 Å². The van der Waals surface area contributed by atoms with Crippen LogP contribution in [0.1, 0.15) is 70.1 Å².